The van der Waals surface area contributed by atoms with Crippen molar-refractivity contribution in [1.29, 1.82) is 0 Å². The van der Waals surface area contributed by atoms with E-state index in [9.17, 15) is 14.7 Å². The Labute approximate surface area is 155 Å². The number of hydrazone groups is 1. The predicted octanol–water partition coefficient (Wildman–Crippen LogP) is 1.51. The largest absolute Gasteiger partial charge is 0.504 e. The summed E-state index contributed by atoms with van der Waals surface area (Å²) in [5.41, 5.74) is 2.66. The molecular weight excluding hydrogens is 354 g/mol. The average molecular weight is 373 g/mol. The molecule has 0 aliphatic heterocycles. The fraction of sp³-hybridized carbons (Fsp3) is 0.167. The quantitative estimate of drug-likeness (QED) is 0.401. The number of methoxy groups -OCH3 is 3. The number of rotatable bonds is 6. The van der Waals surface area contributed by atoms with Gasteiger partial charge in [0.15, 0.2) is 11.5 Å². The Hall–Kier alpha value is -3.75. The van der Waals surface area contributed by atoms with E-state index in [1.54, 1.807) is 30.3 Å². The van der Waals surface area contributed by atoms with Crippen LogP contribution in [0.3, 0.4) is 0 Å². The second kappa shape index (κ2) is 9.09. The Morgan fingerprint density at radius 1 is 1.00 bits per heavy atom. The van der Waals surface area contributed by atoms with Gasteiger partial charge in [-0.05, 0) is 24.3 Å². The summed E-state index contributed by atoms with van der Waals surface area (Å²) in [6.45, 7) is 0. The van der Waals surface area contributed by atoms with Crippen LogP contribution in [0.5, 0.6) is 23.0 Å². The van der Waals surface area contributed by atoms with Crippen LogP contribution in [0.15, 0.2) is 41.5 Å². The number of hydrogen-bond donors (Lipinski definition) is 3. The van der Waals surface area contributed by atoms with Crippen molar-refractivity contribution < 1.29 is 28.9 Å². The van der Waals surface area contributed by atoms with E-state index >= 15 is 0 Å². The number of aromatic hydroxyl groups is 1. The van der Waals surface area contributed by atoms with Crippen LogP contribution in [0.2, 0.25) is 0 Å². The van der Waals surface area contributed by atoms with Gasteiger partial charge in [-0.2, -0.15) is 5.10 Å². The molecule has 0 aliphatic carbocycles. The van der Waals surface area contributed by atoms with E-state index in [1.165, 1.54) is 33.6 Å². The Bertz CT molecular complexity index is 866. The minimum Gasteiger partial charge on any atom is -0.504 e. The topological polar surface area (TPSA) is 118 Å². The van der Waals surface area contributed by atoms with Crippen LogP contribution < -0.4 is 25.0 Å². The Kier molecular flexibility index (Phi) is 6.59. The third kappa shape index (κ3) is 4.88. The van der Waals surface area contributed by atoms with E-state index in [0.717, 1.165) is 0 Å². The number of phenols is 1. The van der Waals surface area contributed by atoms with Crippen LogP contribution in [0.1, 0.15) is 5.56 Å². The number of para-hydroxylation sites is 1. The molecule has 2 aromatic rings. The van der Waals surface area contributed by atoms with Crippen molar-refractivity contribution in [1.82, 2.24) is 5.43 Å². The van der Waals surface area contributed by atoms with Gasteiger partial charge in [-0.3, -0.25) is 9.59 Å². The first kappa shape index (κ1) is 19.6. The van der Waals surface area contributed by atoms with E-state index < -0.39 is 11.8 Å². The lowest BCUT2D eigenvalue weighted by molar-refractivity contribution is -0.136. The van der Waals surface area contributed by atoms with Gasteiger partial charge in [-0.25, -0.2) is 5.43 Å². The number of nitrogens with zero attached hydrogens (tertiary/aromatic N) is 1. The zero-order valence-electron chi connectivity index (χ0n) is 15.0. The number of amides is 2. The number of carbonyl (C=O) groups excluding carboxylic acids is 2. The summed E-state index contributed by atoms with van der Waals surface area (Å²) in [5.74, 6) is -0.983. The SMILES string of the molecule is COc1ccc(OC)c(NC(=O)C(=O)N/N=C\c2cccc(OC)c2O)c1. The van der Waals surface area contributed by atoms with Gasteiger partial charge in [0.25, 0.3) is 0 Å². The number of benzene rings is 2. The first-order valence-electron chi connectivity index (χ1n) is 7.72. The molecule has 9 nitrogen and oxygen atoms in total. The second-order valence-electron chi connectivity index (χ2n) is 5.12. The molecule has 2 amide bonds. The van der Waals surface area contributed by atoms with Crippen molar-refractivity contribution in [3.8, 4) is 23.0 Å². The van der Waals surface area contributed by atoms with E-state index in [4.69, 9.17) is 14.2 Å². The summed E-state index contributed by atoms with van der Waals surface area (Å²) in [4.78, 5) is 23.9. The summed E-state index contributed by atoms with van der Waals surface area (Å²) in [6.07, 6.45) is 1.19. The van der Waals surface area contributed by atoms with Gasteiger partial charge in [-0.15, -0.1) is 0 Å². The number of carbonyl (C=O) groups is 2. The number of ether oxygens (including phenoxy) is 3. The summed E-state index contributed by atoms with van der Waals surface area (Å²) >= 11 is 0. The van der Waals surface area contributed by atoms with Crippen LogP contribution in [0, 0.1) is 0 Å². The number of nitrogens with one attached hydrogen (secondary N) is 2. The molecule has 142 valence electrons. The Morgan fingerprint density at radius 3 is 2.41 bits per heavy atom. The van der Waals surface area contributed by atoms with Crippen LogP contribution in [-0.2, 0) is 9.59 Å². The van der Waals surface area contributed by atoms with Crippen molar-refractivity contribution in [2.75, 3.05) is 26.6 Å². The van der Waals surface area contributed by atoms with Crippen LogP contribution in [0.25, 0.3) is 0 Å². The fourth-order valence-electron chi connectivity index (χ4n) is 2.11. The number of phenolic OH excluding ortho intramolecular Hbond substituents is 1. The summed E-state index contributed by atoms with van der Waals surface area (Å²) in [5, 5.41) is 16.0. The predicted molar refractivity (Wildman–Crippen MR) is 98.6 cm³/mol. The van der Waals surface area contributed by atoms with Gasteiger partial charge in [0, 0.05) is 11.6 Å². The standard InChI is InChI=1S/C18H19N3O6/c1-25-12-7-8-14(26-2)13(9-12)20-17(23)18(24)21-19-10-11-5-4-6-15(27-3)16(11)22/h4-10,22H,1-3H3,(H,20,23)(H,21,24)/b19-10-. The van der Waals surface area contributed by atoms with Crippen molar-refractivity contribution in [2.24, 2.45) is 5.10 Å². The van der Waals surface area contributed by atoms with Gasteiger partial charge >= 0.3 is 11.8 Å². The van der Waals surface area contributed by atoms with Crippen LogP contribution in [0.4, 0.5) is 5.69 Å². The van der Waals surface area contributed by atoms with Gasteiger partial charge in [0.2, 0.25) is 0 Å². The van der Waals surface area contributed by atoms with Gasteiger partial charge in [0.1, 0.15) is 11.5 Å². The van der Waals surface area contributed by atoms with E-state index in [2.05, 4.69) is 15.8 Å². The van der Waals surface area contributed by atoms with E-state index in [0.29, 0.717) is 17.1 Å². The molecule has 3 N–H and O–H groups in total. The molecule has 0 unspecified atom stereocenters. The third-order valence-corrected chi connectivity index (χ3v) is 3.48. The summed E-state index contributed by atoms with van der Waals surface area (Å²) < 4.78 is 15.2. The number of hydrogen-bond acceptors (Lipinski definition) is 7. The maximum absolute atomic E-state index is 12.0. The zero-order chi connectivity index (χ0) is 19.8. The van der Waals surface area contributed by atoms with Crippen LogP contribution >= 0.6 is 0 Å². The summed E-state index contributed by atoms with van der Waals surface area (Å²) in [6, 6.07) is 9.54. The first-order chi connectivity index (χ1) is 13.0. The zero-order valence-corrected chi connectivity index (χ0v) is 15.0. The van der Waals surface area contributed by atoms with Crippen molar-refractivity contribution in [3.05, 3.63) is 42.0 Å². The molecule has 0 spiro atoms. The third-order valence-electron chi connectivity index (χ3n) is 3.48. The monoisotopic (exact) mass is 373 g/mol. The molecule has 0 saturated heterocycles. The molecular formula is C18H19N3O6. The smallest absolute Gasteiger partial charge is 0.329 e. The molecule has 2 rings (SSSR count). The average Bonchev–Trinajstić information content (AvgIpc) is 2.69. The van der Waals surface area contributed by atoms with Gasteiger partial charge < -0.3 is 24.6 Å². The highest BCUT2D eigenvalue weighted by molar-refractivity contribution is 6.39. The van der Waals surface area contributed by atoms with E-state index in [1.807, 2.05) is 0 Å². The minimum atomic E-state index is -1.00. The maximum Gasteiger partial charge on any atom is 0.329 e. The van der Waals surface area contributed by atoms with Gasteiger partial charge in [0.05, 0.1) is 33.2 Å². The molecule has 27 heavy (non-hydrogen) atoms. The van der Waals surface area contributed by atoms with Gasteiger partial charge in [-0.1, -0.05) is 6.07 Å². The normalized spacial score (nSPS) is 10.3. The molecule has 0 bridgehead atoms. The van der Waals surface area contributed by atoms with Crippen molar-refractivity contribution >= 4 is 23.7 Å². The Morgan fingerprint density at radius 2 is 1.74 bits per heavy atom. The van der Waals surface area contributed by atoms with Crippen molar-refractivity contribution in [2.45, 2.75) is 0 Å². The Balaban J connectivity index is 2.03. The molecule has 0 aromatic heterocycles. The lowest BCUT2D eigenvalue weighted by Crippen LogP contribution is -2.32. The summed E-state index contributed by atoms with van der Waals surface area (Å²) in [7, 11) is 4.32. The van der Waals surface area contributed by atoms with Crippen molar-refractivity contribution in [3.63, 3.8) is 0 Å². The van der Waals surface area contributed by atoms with Crippen LogP contribution in [-0.4, -0.2) is 44.5 Å². The fourth-order valence-corrected chi connectivity index (χ4v) is 2.11. The molecule has 2 aromatic carbocycles. The van der Waals surface area contributed by atoms with E-state index in [-0.39, 0.29) is 17.2 Å². The molecule has 0 fully saturated rings. The molecule has 0 radical (unpaired) electrons. The number of anilines is 1. The maximum atomic E-state index is 12.0. The highest BCUT2D eigenvalue weighted by Gasteiger charge is 2.16. The lowest BCUT2D eigenvalue weighted by atomic mass is 10.2. The second-order valence-corrected chi connectivity index (χ2v) is 5.12. The molecule has 0 heterocycles. The molecule has 9 heteroatoms. The highest BCUT2D eigenvalue weighted by atomic mass is 16.5. The minimum absolute atomic E-state index is 0.136. The molecule has 0 aliphatic rings. The lowest BCUT2D eigenvalue weighted by Gasteiger charge is -2.11. The molecule has 0 saturated carbocycles. The first-order valence-corrected chi connectivity index (χ1v) is 7.72. The molecule has 0 atom stereocenters. The highest BCUT2D eigenvalue weighted by Crippen LogP contribution is 2.29.